The van der Waals surface area contributed by atoms with Gasteiger partial charge >= 0.3 is 6.18 Å². The first-order valence-corrected chi connectivity index (χ1v) is 7.13. The molecule has 1 amide bonds. The summed E-state index contributed by atoms with van der Waals surface area (Å²) < 4.78 is 40.6. The normalized spacial score (nSPS) is 33.7. The molecule has 0 aromatic rings. The van der Waals surface area contributed by atoms with Gasteiger partial charge < -0.3 is 5.11 Å². The van der Waals surface area contributed by atoms with Crippen molar-refractivity contribution in [2.24, 2.45) is 22.4 Å². The summed E-state index contributed by atoms with van der Waals surface area (Å²) in [7, 11) is 0. The highest BCUT2D eigenvalue weighted by Gasteiger charge is 2.69. The second-order valence-corrected chi connectivity index (χ2v) is 7.00. The van der Waals surface area contributed by atoms with Crippen molar-refractivity contribution in [1.82, 2.24) is 5.01 Å². The first-order chi connectivity index (χ1) is 9.40. The number of fused-ring (bicyclic) bond motifs is 1. The van der Waals surface area contributed by atoms with Crippen molar-refractivity contribution in [3.63, 3.8) is 0 Å². The first-order valence-electron chi connectivity index (χ1n) is 7.13. The van der Waals surface area contributed by atoms with E-state index in [9.17, 15) is 23.1 Å². The number of hydrogen-bond donors (Lipinski definition) is 1. The van der Waals surface area contributed by atoms with Crippen LogP contribution < -0.4 is 0 Å². The number of hydrazone groups is 1. The number of aliphatic hydroxyl groups is 1. The fraction of sp³-hybridized carbons (Fsp3) is 0.857. The van der Waals surface area contributed by atoms with Crippen molar-refractivity contribution in [1.29, 1.82) is 0 Å². The Kier molecular flexibility index (Phi) is 3.64. The highest BCUT2D eigenvalue weighted by molar-refractivity contribution is 5.95. The van der Waals surface area contributed by atoms with Gasteiger partial charge in [0.2, 0.25) is 0 Å². The molecule has 2 rings (SSSR count). The smallest absolute Gasteiger partial charge is 0.362 e. The van der Waals surface area contributed by atoms with Gasteiger partial charge in [0.25, 0.3) is 11.6 Å². The average molecular weight is 306 g/mol. The second-order valence-electron chi connectivity index (χ2n) is 7.00. The van der Waals surface area contributed by atoms with Crippen LogP contribution in [0, 0.1) is 17.3 Å². The van der Waals surface area contributed by atoms with Crippen LogP contribution in [0.1, 0.15) is 47.0 Å². The van der Waals surface area contributed by atoms with Gasteiger partial charge in [-0.3, -0.25) is 4.79 Å². The first kappa shape index (κ1) is 16.3. The summed E-state index contributed by atoms with van der Waals surface area (Å²) in [5.41, 5.74) is -3.99. The number of carbonyl (C=O) groups is 1. The predicted molar refractivity (Wildman–Crippen MR) is 71.2 cm³/mol. The van der Waals surface area contributed by atoms with Crippen molar-refractivity contribution in [2.75, 3.05) is 0 Å². The summed E-state index contributed by atoms with van der Waals surface area (Å²) in [5.74, 6) is -2.14. The lowest BCUT2D eigenvalue weighted by Crippen LogP contribution is -2.63. The van der Waals surface area contributed by atoms with Crippen molar-refractivity contribution in [3.8, 4) is 0 Å². The summed E-state index contributed by atoms with van der Waals surface area (Å²) in [4.78, 5) is 12.3. The van der Waals surface area contributed by atoms with Crippen LogP contribution >= 0.6 is 0 Å². The third-order valence-corrected chi connectivity index (χ3v) is 4.27. The van der Waals surface area contributed by atoms with Crippen molar-refractivity contribution >= 4 is 11.6 Å². The summed E-state index contributed by atoms with van der Waals surface area (Å²) in [6.45, 7) is 6.32. The lowest BCUT2D eigenvalue weighted by Gasteiger charge is -2.40. The van der Waals surface area contributed by atoms with Crippen LogP contribution in [0.5, 0.6) is 0 Å². The van der Waals surface area contributed by atoms with Gasteiger partial charge in [0.05, 0.1) is 5.92 Å². The van der Waals surface area contributed by atoms with E-state index in [1.807, 2.05) is 0 Å². The number of carbonyl (C=O) groups excluding carboxylic acids is 1. The third-order valence-electron chi connectivity index (χ3n) is 4.27. The molecule has 1 saturated carbocycles. The van der Waals surface area contributed by atoms with Gasteiger partial charge in [-0.25, -0.2) is 0 Å². The van der Waals surface area contributed by atoms with Crippen LogP contribution in [0.3, 0.4) is 0 Å². The van der Waals surface area contributed by atoms with Crippen molar-refractivity contribution < 1.29 is 23.1 Å². The van der Waals surface area contributed by atoms with Gasteiger partial charge in [-0.05, 0) is 18.8 Å². The SMILES string of the molecule is C[C@@H]1CCC[C@H]2C1=NN(C(=O)C(C)(C)C)[C@]2(O)C(F)(F)F. The molecule has 0 spiro atoms. The van der Waals surface area contributed by atoms with Crippen molar-refractivity contribution in [3.05, 3.63) is 0 Å². The maximum Gasteiger partial charge on any atom is 0.439 e. The minimum absolute atomic E-state index is 0.157. The molecule has 0 bridgehead atoms. The molecule has 4 nitrogen and oxygen atoms in total. The number of hydrogen-bond acceptors (Lipinski definition) is 3. The Morgan fingerprint density at radius 1 is 1.33 bits per heavy atom. The van der Waals surface area contributed by atoms with Crippen LogP contribution in [-0.2, 0) is 4.79 Å². The second kappa shape index (κ2) is 4.69. The molecule has 7 heteroatoms. The lowest BCUT2D eigenvalue weighted by molar-refractivity contribution is -0.318. The number of nitrogens with zero attached hydrogens (tertiary/aromatic N) is 2. The van der Waals surface area contributed by atoms with E-state index >= 15 is 0 Å². The molecule has 1 aliphatic heterocycles. The zero-order valence-corrected chi connectivity index (χ0v) is 12.7. The quantitative estimate of drug-likeness (QED) is 0.748. The maximum atomic E-state index is 13.5. The van der Waals surface area contributed by atoms with E-state index in [1.165, 1.54) is 20.8 Å². The van der Waals surface area contributed by atoms with Crippen molar-refractivity contribution in [2.45, 2.75) is 58.9 Å². The van der Waals surface area contributed by atoms with Gasteiger partial charge in [-0.1, -0.05) is 34.1 Å². The Balaban J connectivity index is 2.53. The molecule has 1 heterocycles. The Morgan fingerprint density at radius 2 is 1.90 bits per heavy atom. The van der Waals surface area contributed by atoms with Crippen LogP contribution in [0.15, 0.2) is 5.10 Å². The molecule has 3 atom stereocenters. The number of halogens is 3. The standard InChI is InChI=1S/C14H21F3N2O2/c1-8-6-5-7-9-10(8)18-19(11(20)12(2,3)4)13(9,21)14(15,16)17/h8-9,21H,5-7H2,1-4H3/t8-,9+,13-/m1/s1. The number of amides is 1. The maximum absolute atomic E-state index is 13.5. The van der Waals surface area contributed by atoms with Gasteiger partial charge in [-0.15, -0.1) is 0 Å². The Morgan fingerprint density at radius 3 is 2.38 bits per heavy atom. The molecule has 0 aromatic carbocycles. The molecule has 120 valence electrons. The third kappa shape index (κ3) is 2.35. The van der Waals surface area contributed by atoms with Crippen LogP contribution in [0.25, 0.3) is 0 Å². The lowest BCUT2D eigenvalue weighted by atomic mass is 9.75. The van der Waals surface area contributed by atoms with E-state index in [2.05, 4.69) is 5.10 Å². The largest absolute Gasteiger partial charge is 0.439 e. The van der Waals surface area contributed by atoms with E-state index in [-0.39, 0.29) is 17.3 Å². The molecule has 0 saturated heterocycles. The van der Waals surface area contributed by atoms with E-state index in [0.29, 0.717) is 12.1 Å². The average Bonchev–Trinajstić information content (AvgIpc) is 2.63. The molecule has 0 aromatic heterocycles. The molecule has 21 heavy (non-hydrogen) atoms. The summed E-state index contributed by atoms with van der Waals surface area (Å²) >= 11 is 0. The van der Waals surface area contributed by atoms with Crippen LogP contribution in [-0.4, -0.2) is 33.6 Å². The molecule has 0 unspecified atom stereocenters. The molecule has 1 aliphatic carbocycles. The fourth-order valence-corrected chi connectivity index (χ4v) is 3.02. The highest BCUT2D eigenvalue weighted by Crippen LogP contribution is 2.50. The highest BCUT2D eigenvalue weighted by atomic mass is 19.4. The molecule has 1 N–H and O–H groups in total. The Hall–Kier alpha value is -1.11. The molecule has 1 fully saturated rings. The van der Waals surface area contributed by atoms with E-state index in [1.54, 1.807) is 6.92 Å². The van der Waals surface area contributed by atoms with Gasteiger partial charge in [0.15, 0.2) is 0 Å². The summed E-state index contributed by atoms with van der Waals surface area (Å²) in [5, 5.41) is 14.6. The Labute approximate surface area is 122 Å². The van der Waals surface area contributed by atoms with E-state index in [0.717, 1.165) is 6.42 Å². The molecular weight excluding hydrogens is 285 g/mol. The number of alkyl halides is 3. The van der Waals surface area contributed by atoms with E-state index in [4.69, 9.17) is 0 Å². The fourth-order valence-electron chi connectivity index (χ4n) is 3.02. The van der Waals surface area contributed by atoms with Gasteiger partial charge in [0, 0.05) is 11.1 Å². The molecule has 2 aliphatic rings. The minimum atomic E-state index is -4.94. The summed E-state index contributed by atoms with van der Waals surface area (Å²) in [6.07, 6.45) is -3.45. The topological polar surface area (TPSA) is 52.9 Å². The van der Waals surface area contributed by atoms with Gasteiger partial charge in [0.1, 0.15) is 0 Å². The molecule has 0 radical (unpaired) electrons. The zero-order chi connectivity index (χ0) is 16.2. The summed E-state index contributed by atoms with van der Waals surface area (Å²) in [6, 6.07) is 0. The predicted octanol–water partition coefficient (Wildman–Crippen LogP) is 2.92. The zero-order valence-electron chi connectivity index (χ0n) is 12.7. The van der Waals surface area contributed by atoms with Gasteiger partial charge in [-0.2, -0.15) is 23.3 Å². The number of rotatable bonds is 0. The minimum Gasteiger partial charge on any atom is -0.362 e. The van der Waals surface area contributed by atoms with E-state index < -0.39 is 29.1 Å². The molecular formula is C14H21F3N2O2. The monoisotopic (exact) mass is 306 g/mol. The van der Waals surface area contributed by atoms with Crippen LogP contribution in [0.2, 0.25) is 0 Å². The van der Waals surface area contributed by atoms with Crippen LogP contribution in [0.4, 0.5) is 13.2 Å². The Bertz CT molecular complexity index is 482.